The molecule has 2 aromatic heterocycles. The number of rotatable bonds is 6. The SMILES string of the molecule is CCCNC(=O)CN1CCN(C(=O)c2cc(C3CC3)nc3onc(C)c23)CC1. The third-order valence-corrected chi connectivity index (χ3v) is 5.46. The van der Waals surface area contributed by atoms with Crippen molar-refractivity contribution in [3.63, 3.8) is 0 Å². The van der Waals surface area contributed by atoms with Gasteiger partial charge in [-0.25, -0.2) is 4.98 Å². The van der Waals surface area contributed by atoms with Crippen LogP contribution in [0.1, 0.15) is 53.8 Å². The first-order valence-corrected chi connectivity index (χ1v) is 10.1. The number of amides is 2. The number of nitrogens with zero attached hydrogens (tertiary/aromatic N) is 4. The predicted octanol–water partition coefficient (Wildman–Crippen LogP) is 1.69. The van der Waals surface area contributed by atoms with Gasteiger partial charge in [0, 0.05) is 44.3 Å². The molecule has 1 N–H and O–H groups in total. The smallest absolute Gasteiger partial charge is 0.259 e. The molecule has 1 saturated heterocycles. The first-order chi connectivity index (χ1) is 13.6. The van der Waals surface area contributed by atoms with Crippen LogP contribution in [0.3, 0.4) is 0 Å². The van der Waals surface area contributed by atoms with Gasteiger partial charge in [-0.1, -0.05) is 12.1 Å². The van der Waals surface area contributed by atoms with Gasteiger partial charge >= 0.3 is 0 Å². The van der Waals surface area contributed by atoms with Gasteiger partial charge in [-0.3, -0.25) is 14.5 Å². The standard InChI is InChI=1S/C20H27N5O3/c1-3-6-21-17(26)12-24-7-9-25(10-8-24)20(27)15-11-16(14-4-5-14)22-19-18(15)13(2)23-28-19/h11,14H,3-10,12H2,1-2H3,(H,21,26). The van der Waals surface area contributed by atoms with Crippen molar-refractivity contribution in [2.75, 3.05) is 39.3 Å². The monoisotopic (exact) mass is 385 g/mol. The molecule has 4 rings (SSSR count). The maximum atomic E-state index is 13.3. The van der Waals surface area contributed by atoms with Crippen LogP contribution in [0.2, 0.25) is 0 Å². The van der Waals surface area contributed by atoms with Gasteiger partial charge in [-0.2, -0.15) is 0 Å². The quantitative estimate of drug-likeness (QED) is 0.814. The van der Waals surface area contributed by atoms with Crippen LogP contribution in [0, 0.1) is 6.92 Å². The molecule has 1 saturated carbocycles. The number of carbonyl (C=O) groups is 2. The highest BCUT2D eigenvalue weighted by Crippen LogP contribution is 2.40. The molecular formula is C20H27N5O3. The fourth-order valence-electron chi connectivity index (χ4n) is 3.67. The summed E-state index contributed by atoms with van der Waals surface area (Å²) in [6.45, 7) is 7.56. The Kier molecular flexibility index (Phi) is 5.30. The van der Waals surface area contributed by atoms with E-state index in [9.17, 15) is 9.59 Å². The number of fused-ring (bicyclic) bond motifs is 1. The summed E-state index contributed by atoms with van der Waals surface area (Å²) in [6.07, 6.45) is 3.15. The molecule has 2 fully saturated rings. The van der Waals surface area contributed by atoms with E-state index in [1.54, 1.807) is 0 Å². The second-order valence-electron chi connectivity index (χ2n) is 7.74. The van der Waals surface area contributed by atoms with Crippen LogP contribution >= 0.6 is 0 Å². The maximum Gasteiger partial charge on any atom is 0.259 e. The molecule has 0 bridgehead atoms. The summed E-state index contributed by atoms with van der Waals surface area (Å²) in [4.78, 5) is 33.7. The zero-order valence-electron chi connectivity index (χ0n) is 16.5. The number of nitrogens with one attached hydrogen (secondary N) is 1. The van der Waals surface area contributed by atoms with E-state index < -0.39 is 0 Å². The van der Waals surface area contributed by atoms with Gasteiger partial charge in [0.2, 0.25) is 5.91 Å². The number of hydrogen-bond acceptors (Lipinski definition) is 6. The summed E-state index contributed by atoms with van der Waals surface area (Å²) in [5.41, 5.74) is 2.72. The number of aromatic nitrogens is 2. The average molecular weight is 385 g/mol. The predicted molar refractivity (Wildman–Crippen MR) is 104 cm³/mol. The molecule has 0 unspecified atom stereocenters. The van der Waals surface area contributed by atoms with E-state index in [0.717, 1.165) is 30.3 Å². The maximum absolute atomic E-state index is 13.3. The van der Waals surface area contributed by atoms with E-state index >= 15 is 0 Å². The molecule has 150 valence electrons. The highest BCUT2D eigenvalue weighted by Gasteiger charge is 2.31. The van der Waals surface area contributed by atoms with Gasteiger partial charge in [0.05, 0.1) is 23.2 Å². The normalized spacial score (nSPS) is 17.9. The Labute approximate surface area is 164 Å². The summed E-state index contributed by atoms with van der Waals surface area (Å²) < 4.78 is 5.35. The topological polar surface area (TPSA) is 91.6 Å². The van der Waals surface area contributed by atoms with Crippen LogP contribution in [0.25, 0.3) is 11.1 Å². The van der Waals surface area contributed by atoms with Crippen molar-refractivity contribution in [3.05, 3.63) is 23.0 Å². The van der Waals surface area contributed by atoms with Crippen molar-refractivity contribution < 1.29 is 14.1 Å². The molecule has 3 heterocycles. The molecule has 28 heavy (non-hydrogen) atoms. The van der Waals surface area contributed by atoms with E-state index in [1.165, 1.54) is 0 Å². The molecule has 0 radical (unpaired) electrons. The fraction of sp³-hybridized carbons (Fsp3) is 0.600. The Bertz CT molecular complexity index is 881. The number of aryl methyl sites for hydroxylation is 1. The lowest BCUT2D eigenvalue weighted by Gasteiger charge is -2.34. The van der Waals surface area contributed by atoms with Crippen LogP contribution in [-0.4, -0.2) is 71.0 Å². The van der Waals surface area contributed by atoms with E-state index in [1.807, 2.05) is 24.8 Å². The van der Waals surface area contributed by atoms with Crippen LogP contribution in [-0.2, 0) is 4.79 Å². The van der Waals surface area contributed by atoms with Gasteiger partial charge in [0.25, 0.3) is 11.6 Å². The summed E-state index contributed by atoms with van der Waals surface area (Å²) in [6, 6.07) is 1.93. The highest BCUT2D eigenvalue weighted by molar-refractivity contribution is 6.06. The van der Waals surface area contributed by atoms with Crippen LogP contribution in [0.15, 0.2) is 10.6 Å². The summed E-state index contributed by atoms with van der Waals surface area (Å²) >= 11 is 0. The molecule has 2 aromatic rings. The van der Waals surface area contributed by atoms with E-state index in [-0.39, 0.29) is 11.8 Å². The summed E-state index contributed by atoms with van der Waals surface area (Å²) in [5, 5.41) is 7.63. The lowest BCUT2D eigenvalue weighted by Crippen LogP contribution is -2.51. The van der Waals surface area contributed by atoms with Crippen LogP contribution in [0.5, 0.6) is 0 Å². The molecule has 0 spiro atoms. The fourth-order valence-corrected chi connectivity index (χ4v) is 3.67. The minimum Gasteiger partial charge on any atom is -0.355 e. The van der Waals surface area contributed by atoms with Gasteiger partial charge in [0.1, 0.15) is 0 Å². The Morgan fingerprint density at radius 2 is 2.00 bits per heavy atom. The van der Waals surface area contributed by atoms with Gasteiger partial charge < -0.3 is 14.7 Å². The Hall–Kier alpha value is -2.48. The Balaban J connectivity index is 1.46. The minimum absolute atomic E-state index is 0.00400. The molecule has 0 aromatic carbocycles. The lowest BCUT2D eigenvalue weighted by molar-refractivity contribution is -0.122. The molecule has 0 atom stereocenters. The third-order valence-electron chi connectivity index (χ3n) is 5.46. The number of hydrogen-bond donors (Lipinski definition) is 1. The summed E-state index contributed by atoms with van der Waals surface area (Å²) in [7, 11) is 0. The van der Waals surface area contributed by atoms with Gasteiger partial charge in [-0.15, -0.1) is 0 Å². The van der Waals surface area contributed by atoms with Crippen molar-refractivity contribution in [3.8, 4) is 0 Å². The Morgan fingerprint density at radius 1 is 1.25 bits per heavy atom. The molecule has 8 heteroatoms. The summed E-state index contributed by atoms with van der Waals surface area (Å²) in [5.74, 6) is 0.474. The molecule has 8 nitrogen and oxygen atoms in total. The van der Waals surface area contributed by atoms with Gasteiger partial charge in [-0.05, 0) is 32.3 Å². The van der Waals surface area contributed by atoms with Crippen molar-refractivity contribution >= 4 is 22.9 Å². The van der Waals surface area contributed by atoms with E-state index in [0.29, 0.717) is 62.2 Å². The second kappa shape index (κ2) is 7.87. The van der Waals surface area contributed by atoms with Gasteiger partial charge in [0.15, 0.2) is 0 Å². The molecule has 1 aliphatic carbocycles. The lowest BCUT2D eigenvalue weighted by atomic mass is 10.1. The molecule has 2 amide bonds. The minimum atomic E-state index is -0.00400. The first kappa shape index (κ1) is 18.9. The molecular weight excluding hydrogens is 358 g/mol. The van der Waals surface area contributed by atoms with Crippen molar-refractivity contribution in [2.24, 2.45) is 0 Å². The second-order valence-corrected chi connectivity index (χ2v) is 7.74. The van der Waals surface area contributed by atoms with Crippen LogP contribution in [0.4, 0.5) is 0 Å². The van der Waals surface area contributed by atoms with Crippen LogP contribution < -0.4 is 5.32 Å². The van der Waals surface area contributed by atoms with Crippen molar-refractivity contribution in [1.82, 2.24) is 25.3 Å². The highest BCUT2D eigenvalue weighted by atomic mass is 16.5. The largest absolute Gasteiger partial charge is 0.355 e. The zero-order valence-corrected chi connectivity index (χ0v) is 16.5. The first-order valence-electron chi connectivity index (χ1n) is 10.1. The van der Waals surface area contributed by atoms with Crippen molar-refractivity contribution in [2.45, 2.75) is 39.0 Å². The average Bonchev–Trinajstić information content (AvgIpc) is 3.49. The number of carbonyl (C=O) groups excluding carboxylic acids is 2. The van der Waals surface area contributed by atoms with E-state index in [2.05, 4.69) is 20.4 Å². The molecule has 2 aliphatic rings. The number of piperazine rings is 1. The Morgan fingerprint density at radius 3 is 2.68 bits per heavy atom. The molecule has 1 aliphatic heterocycles. The van der Waals surface area contributed by atoms with E-state index in [4.69, 9.17) is 4.52 Å². The third kappa shape index (κ3) is 3.87. The number of pyridine rings is 1. The van der Waals surface area contributed by atoms with Crippen molar-refractivity contribution in [1.29, 1.82) is 0 Å². The zero-order chi connectivity index (χ0) is 19.7.